The molecule has 0 spiro atoms. The van der Waals surface area contributed by atoms with E-state index in [4.69, 9.17) is 4.99 Å². The number of anilines is 1. The van der Waals surface area contributed by atoms with Gasteiger partial charge in [-0.15, -0.1) is 0 Å². The number of para-hydroxylation sites is 1. The number of fused-ring (bicyclic) bond motifs is 1. The van der Waals surface area contributed by atoms with Crippen LogP contribution in [0.3, 0.4) is 0 Å². The molecule has 5 rings (SSSR count). The Balaban J connectivity index is 1.30. The second-order valence-electron chi connectivity index (χ2n) is 8.21. The molecule has 0 aliphatic carbocycles. The van der Waals surface area contributed by atoms with Gasteiger partial charge in [0.1, 0.15) is 5.71 Å². The number of benzene rings is 3. The topological polar surface area (TPSA) is 39.2 Å². The summed E-state index contributed by atoms with van der Waals surface area (Å²) >= 11 is 3.55. The van der Waals surface area contributed by atoms with E-state index in [1.807, 2.05) is 53.4 Å². The SMILES string of the molecule is O=C1C(=Nc2ccccc2)c2cc(Br)ccc2N1CN1CCN(Cc2ccccc2)CC1. The summed E-state index contributed by atoms with van der Waals surface area (Å²) in [5.41, 5.74) is 4.46. The molecule has 0 atom stereocenters. The Kier molecular flexibility index (Phi) is 6.17. The molecule has 32 heavy (non-hydrogen) atoms. The molecule has 0 N–H and O–H groups in total. The molecule has 2 aliphatic heterocycles. The van der Waals surface area contributed by atoms with Crippen molar-refractivity contribution in [2.24, 2.45) is 4.99 Å². The van der Waals surface area contributed by atoms with Gasteiger partial charge >= 0.3 is 0 Å². The Bertz CT molecular complexity index is 1130. The number of halogens is 1. The molecule has 0 bridgehead atoms. The molecular weight excluding hydrogens is 464 g/mol. The van der Waals surface area contributed by atoms with Gasteiger partial charge in [-0.05, 0) is 35.9 Å². The van der Waals surface area contributed by atoms with Crippen molar-refractivity contribution in [2.75, 3.05) is 37.7 Å². The van der Waals surface area contributed by atoms with Gasteiger partial charge in [0.2, 0.25) is 0 Å². The van der Waals surface area contributed by atoms with Crippen LogP contribution in [0, 0.1) is 0 Å². The minimum atomic E-state index is -0.0336. The number of piperazine rings is 1. The summed E-state index contributed by atoms with van der Waals surface area (Å²) in [7, 11) is 0. The second-order valence-corrected chi connectivity index (χ2v) is 9.13. The fourth-order valence-corrected chi connectivity index (χ4v) is 4.66. The fourth-order valence-electron chi connectivity index (χ4n) is 4.30. The largest absolute Gasteiger partial charge is 0.297 e. The Morgan fingerprint density at radius 3 is 2.19 bits per heavy atom. The molecule has 0 radical (unpaired) electrons. The maximum absolute atomic E-state index is 13.4. The van der Waals surface area contributed by atoms with E-state index in [1.54, 1.807) is 0 Å². The number of aliphatic imine (C=N–C) groups is 1. The highest BCUT2D eigenvalue weighted by molar-refractivity contribution is 9.10. The van der Waals surface area contributed by atoms with E-state index in [0.717, 1.165) is 54.1 Å². The summed E-state index contributed by atoms with van der Waals surface area (Å²) in [5.74, 6) is -0.0336. The zero-order valence-corrected chi connectivity index (χ0v) is 19.4. The molecule has 1 fully saturated rings. The van der Waals surface area contributed by atoms with Crippen LogP contribution < -0.4 is 4.90 Å². The normalized spacial score (nSPS) is 18.3. The molecular formula is C26H25BrN4O. The lowest BCUT2D eigenvalue weighted by atomic mass is 10.1. The van der Waals surface area contributed by atoms with Gasteiger partial charge in [-0.1, -0.05) is 64.5 Å². The van der Waals surface area contributed by atoms with Crippen molar-refractivity contribution in [3.63, 3.8) is 0 Å². The number of nitrogens with zero attached hydrogens (tertiary/aromatic N) is 4. The monoisotopic (exact) mass is 488 g/mol. The molecule has 0 aromatic heterocycles. The third kappa shape index (κ3) is 4.53. The molecule has 0 unspecified atom stereocenters. The Hall–Kier alpha value is -2.80. The third-order valence-corrected chi connectivity index (χ3v) is 6.50. The van der Waals surface area contributed by atoms with Crippen LogP contribution in [0.2, 0.25) is 0 Å². The highest BCUT2D eigenvalue weighted by Gasteiger charge is 2.35. The van der Waals surface area contributed by atoms with E-state index in [0.29, 0.717) is 12.4 Å². The molecule has 5 nitrogen and oxygen atoms in total. The molecule has 162 valence electrons. The fraction of sp³-hybridized carbons (Fsp3) is 0.231. The van der Waals surface area contributed by atoms with E-state index >= 15 is 0 Å². The predicted molar refractivity (Wildman–Crippen MR) is 132 cm³/mol. The number of hydrogen-bond acceptors (Lipinski definition) is 4. The number of carbonyl (C=O) groups excluding carboxylic acids is 1. The molecule has 2 aliphatic rings. The third-order valence-electron chi connectivity index (χ3n) is 6.00. The van der Waals surface area contributed by atoms with Gasteiger partial charge in [-0.25, -0.2) is 4.99 Å². The van der Waals surface area contributed by atoms with Crippen LogP contribution in [0.5, 0.6) is 0 Å². The number of hydrogen-bond donors (Lipinski definition) is 0. The van der Waals surface area contributed by atoms with Crippen LogP contribution in [0.4, 0.5) is 11.4 Å². The quantitative estimate of drug-likeness (QED) is 0.522. The van der Waals surface area contributed by atoms with E-state index in [1.165, 1.54) is 5.56 Å². The lowest BCUT2D eigenvalue weighted by Crippen LogP contribution is -2.50. The van der Waals surface area contributed by atoms with Crippen LogP contribution in [0.15, 0.2) is 88.3 Å². The van der Waals surface area contributed by atoms with E-state index < -0.39 is 0 Å². The second kappa shape index (κ2) is 9.36. The van der Waals surface area contributed by atoms with E-state index in [-0.39, 0.29) is 5.91 Å². The summed E-state index contributed by atoms with van der Waals surface area (Å²) in [6.45, 7) is 5.42. The first-order valence-corrected chi connectivity index (χ1v) is 11.7. The highest BCUT2D eigenvalue weighted by atomic mass is 79.9. The van der Waals surface area contributed by atoms with Gasteiger partial charge < -0.3 is 0 Å². The zero-order valence-electron chi connectivity index (χ0n) is 17.8. The van der Waals surface area contributed by atoms with Crippen molar-refractivity contribution in [3.8, 4) is 0 Å². The standard InChI is InChI=1S/C26H25BrN4O/c27-21-11-12-24-23(17-21)25(28-22-9-5-2-6-10-22)26(32)31(24)19-30-15-13-29(14-16-30)18-20-7-3-1-4-8-20/h1-12,17H,13-16,18-19H2. The first kappa shape index (κ1) is 21.1. The maximum Gasteiger partial charge on any atom is 0.278 e. The summed E-state index contributed by atoms with van der Waals surface area (Å²) in [6.07, 6.45) is 0. The maximum atomic E-state index is 13.4. The van der Waals surface area contributed by atoms with Gasteiger partial charge in [0, 0.05) is 42.8 Å². The minimum Gasteiger partial charge on any atom is -0.297 e. The number of amides is 1. The molecule has 1 saturated heterocycles. The van der Waals surface area contributed by atoms with Crippen molar-refractivity contribution >= 4 is 38.9 Å². The van der Waals surface area contributed by atoms with Gasteiger partial charge in [0.25, 0.3) is 5.91 Å². The van der Waals surface area contributed by atoms with Gasteiger partial charge in [0.15, 0.2) is 0 Å². The Labute approximate surface area is 197 Å². The average molecular weight is 489 g/mol. The molecule has 1 amide bonds. The highest BCUT2D eigenvalue weighted by Crippen LogP contribution is 2.33. The van der Waals surface area contributed by atoms with Crippen molar-refractivity contribution in [3.05, 3.63) is 94.5 Å². The van der Waals surface area contributed by atoms with Crippen LogP contribution in [-0.2, 0) is 11.3 Å². The van der Waals surface area contributed by atoms with Crippen molar-refractivity contribution in [1.82, 2.24) is 9.80 Å². The van der Waals surface area contributed by atoms with Crippen molar-refractivity contribution in [2.45, 2.75) is 6.54 Å². The summed E-state index contributed by atoms with van der Waals surface area (Å²) in [5, 5.41) is 0. The minimum absolute atomic E-state index is 0.0336. The smallest absolute Gasteiger partial charge is 0.278 e. The van der Waals surface area contributed by atoms with Crippen LogP contribution in [-0.4, -0.2) is 54.3 Å². The van der Waals surface area contributed by atoms with Gasteiger partial charge in [0.05, 0.1) is 18.0 Å². The Morgan fingerprint density at radius 1 is 0.812 bits per heavy atom. The molecule has 2 heterocycles. The molecule has 6 heteroatoms. The van der Waals surface area contributed by atoms with Gasteiger partial charge in [-0.2, -0.15) is 0 Å². The van der Waals surface area contributed by atoms with Crippen LogP contribution in [0.25, 0.3) is 0 Å². The van der Waals surface area contributed by atoms with Crippen molar-refractivity contribution in [1.29, 1.82) is 0 Å². The predicted octanol–water partition coefficient (Wildman–Crippen LogP) is 4.69. The molecule has 3 aromatic carbocycles. The summed E-state index contributed by atoms with van der Waals surface area (Å²) in [4.78, 5) is 24.8. The number of carbonyl (C=O) groups is 1. The molecule has 0 saturated carbocycles. The Morgan fingerprint density at radius 2 is 1.47 bits per heavy atom. The lowest BCUT2D eigenvalue weighted by Gasteiger charge is -2.36. The molecule has 3 aromatic rings. The lowest BCUT2D eigenvalue weighted by molar-refractivity contribution is -0.112. The first-order chi connectivity index (χ1) is 15.7. The van der Waals surface area contributed by atoms with Gasteiger partial charge in [-0.3, -0.25) is 19.5 Å². The number of rotatable bonds is 5. The summed E-state index contributed by atoms with van der Waals surface area (Å²) in [6, 6.07) is 26.3. The first-order valence-electron chi connectivity index (χ1n) is 10.9. The summed E-state index contributed by atoms with van der Waals surface area (Å²) < 4.78 is 0.946. The van der Waals surface area contributed by atoms with Crippen LogP contribution in [0.1, 0.15) is 11.1 Å². The zero-order chi connectivity index (χ0) is 21.9. The van der Waals surface area contributed by atoms with Crippen molar-refractivity contribution < 1.29 is 4.79 Å². The average Bonchev–Trinajstić information content (AvgIpc) is 3.07. The van der Waals surface area contributed by atoms with Crippen LogP contribution >= 0.6 is 15.9 Å². The van der Waals surface area contributed by atoms with E-state index in [2.05, 4.69) is 56.1 Å². The van der Waals surface area contributed by atoms with E-state index in [9.17, 15) is 4.79 Å².